The smallest absolute Gasteiger partial charge is 0.412 e. The van der Waals surface area contributed by atoms with Gasteiger partial charge in [0.2, 0.25) is 0 Å². The molecule has 116 valence electrons. The van der Waals surface area contributed by atoms with Crippen molar-refractivity contribution in [3.05, 3.63) is 23.8 Å². The number of ether oxygens (including phenoxy) is 2. The Morgan fingerprint density at radius 2 is 1.90 bits per heavy atom. The Labute approximate surface area is 119 Å². The standard InChI is InChI=1S/C13H15F2NO5/c1-13(2,3)21-12(19)16-8-6-7(10(17)18)4-5-9(8)20-11(14)15/h4-6,11H,1-3H3,(H,16,19)(H,17,18). The summed E-state index contributed by atoms with van der Waals surface area (Å²) in [4.78, 5) is 22.5. The van der Waals surface area contributed by atoms with Gasteiger partial charge >= 0.3 is 18.7 Å². The van der Waals surface area contributed by atoms with E-state index in [4.69, 9.17) is 9.84 Å². The maximum Gasteiger partial charge on any atom is 0.412 e. The van der Waals surface area contributed by atoms with Gasteiger partial charge in [0.25, 0.3) is 0 Å². The minimum atomic E-state index is -3.11. The Balaban J connectivity index is 3.02. The summed E-state index contributed by atoms with van der Waals surface area (Å²) in [5.41, 5.74) is -1.20. The van der Waals surface area contributed by atoms with Crippen molar-refractivity contribution in [2.45, 2.75) is 33.0 Å². The van der Waals surface area contributed by atoms with Crippen molar-refractivity contribution in [3.63, 3.8) is 0 Å². The van der Waals surface area contributed by atoms with Gasteiger partial charge in [-0.05, 0) is 39.0 Å². The van der Waals surface area contributed by atoms with E-state index in [1.807, 2.05) is 0 Å². The number of aromatic carboxylic acids is 1. The summed E-state index contributed by atoms with van der Waals surface area (Å²) < 4.78 is 33.7. The number of alkyl halides is 2. The van der Waals surface area contributed by atoms with E-state index in [9.17, 15) is 18.4 Å². The molecule has 0 aliphatic heterocycles. The van der Waals surface area contributed by atoms with Gasteiger partial charge in [0.1, 0.15) is 11.4 Å². The predicted molar refractivity (Wildman–Crippen MR) is 69.9 cm³/mol. The van der Waals surface area contributed by atoms with Gasteiger partial charge in [0.05, 0.1) is 11.3 Å². The molecule has 0 saturated heterocycles. The molecule has 1 amide bonds. The summed E-state index contributed by atoms with van der Waals surface area (Å²) in [6, 6.07) is 3.12. The van der Waals surface area contributed by atoms with Gasteiger partial charge in [0.15, 0.2) is 0 Å². The number of carboxylic acids is 1. The largest absolute Gasteiger partial charge is 0.478 e. The molecule has 0 atom stereocenters. The second kappa shape index (κ2) is 6.38. The molecule has 0 heterocycles. The highest BCUT2D eigenvalue weighted by Crippen LogP contribution is 2.28. The van der Waals surface area contributed by atoms with Crippen LogP contribution in [0.3, 0.4) is 0 Å². The van der Waals surface area contributed by atoms with Crippen LogP contribution in [-0.4, -0.2) is 29.4 Å². The molecule has 0 unspecified atom stereocenters. The number of amides is 1. The first-order valence-electron chi connectivity index (χ1n) is 5.90. The molecule has 0 fully saturated rings. The molecule has 0 spiro atoms. The molecule has 2 N–H and O–H groups in total. The van der Waals surface area contributed by atoms with Crippen LogP contribution in [0, 0.1) is 0 Å². The monoisotopic (exact) mass is 303 g/mol. The molecular weight excluding hydrogens is 288 g/mol. The molecule has 0 aliphatic carbocycles. The highest BCUT2D eigenvalue weighted by molar-refractivity contribution is 5.93. The van der Waals surface area contributed by atoms with Crippen LogP contribution in [0.15, 0.2) is 18.2 Å². The third-order valence-corrected chi connectivity index (χ3v) is 2.08. The lowest BCUT2D eigenvalue weighted by Crippen LogP contribution is -2.27. The van der Waals surface area contributed by atoms with E-state index in [-0.39, 0.29) is 17.0 Å². The fourth-order valence-electron chi connectivity index (χ4n) is 1.37. The summed E-state index contributed by atoms with van der Waals surface area (Å²) in [7, 11) is 0. The van der Waals surface area contributed by atoms with Crippen molar-refractivity contribution in [3.8, 4) is 5.75 Å². The zero-order chi connectivity index (χ0) is 16.2. The van der Waals surface area contributed by atoms with Crippen LogP contribution in [-0.2, 0) is 4.74 Å². The van der Waals surface area contributed by atoms with Crippen molar-refractivity contribution < 1.29 is 33.0 Å². The lowest BCUT2D eigenvalue weighted by atomic mass is 10.2. The summed E-state index contributed by atoms with van der Waals surface area (Å²) in [6.07, 6.45) is -0.913. The maximum atomic E-state index is 12.3. The number of nitrogens with one attached hydrogen (secondary N) is 1. The molecule has 21 heavy (non-hydrogen) atoms. The Hall–Kier alpha value is -2.38. The highest BCUT2D eigenvalue weighted by atomic mass is 19.3. The number of hydrogen-bond donors (Lipinski definition) is 2. The van der Waals surface area contributed by atoms with Gasteiger partial charge < -0.3 is 14.6 Å². The van der Waals surface area contributed by atoms with Gasteiger partial charge in [-0.25, -0.2) is 9.59 Å². The van der Waals surface area contributed by atoms with Crippen LogP contribution in [0.1, 0.15) is 31.1 Å². The van der Waals surface area contributed by atoms with E-state index >= 15 is 0 Å². The topological polar surface area (TPSA) is 84.9 Å². The molecule has 8 heteroatoms. The van der Waals surface area contributed by atoms with Crippen molar-refractivity contribution in [2.75, 3.05) is 5.32 Å². The molecule has 0 bridgehead atoms. The average molecular weight is 303 g/mol. The Bertz CT molecular complexity index is 540. The van der Waals surface area contributed by atoms with Crippen LogP contribution in [0.2, 0.25) is 0 Å². The zero-order valence-corrected chi connectivity index (χ0v) is 11.6. The van der Waals surface area contributed by atoms with Gasteiger partial charge in [-0.3, -0.25) is 5.32 Å². The number of carbonyl (C=O) groups excluding carboxylic acids is 1. The number of hydrogen-bond acceptors (Lipinski definition) is 4. The van der Waals surface area contributed by atoms with Gasteiger partial charge in [-0.15, -0.1) is 0 Å². The molecule has 0 radical (unpaired) electrons. The van der Waals surface area contributed by atoms with Gasteiger partial charge in [-0.2, -0.15) is 8.78 Å². The number of halogens is 2. The van der Waals surface area contributed by atoms with E-state index in [1.165, 1.54) is 0 Å². The molecular formula is C13H15F2NO5. The predicted octanol–water partition coefficient (Wildman–Crippen LogP) is 3.33. The quantitative estimate of drug-likeness (QED) is 0.891. The molecule has 6 nitrogen and oxygen atoms in total. The van der Waals surface area contributed by atoms with Crippen molar-refractivity contribution in [2.24, 2.45) is 0 Å². The second-order valence-corrected chi connectivity index (χ2v) is 5.02. The van der Waals surface area contributed by atoms with Crippen LogP contribution in [0.4, 0.5) is 19.3 Å². The van der Waals surface area contributed by atoms with Crippen LogP contribution in [0.5, 0.6) is 5.75 Å². The van der Waals surface area contributed by atoms with E-state index in [0.29, 0.717) is 0 Å². The third kappa shape index (κ3) is 5.64. The fraction of sp³-hybridized carbons (Fsp3) is 0.385. The van der Waals surface area contributed by atoms with Crippen molar-refractivity contribution >= 4 is 17.7 Å². The molecule has 1 aromatic carbocycles. The minimum absolute atomic E-state index is 0.192. The third-order valence-electron chi connectivity index (χ3n) is 2.08. The lowest BCUT2D eigenvalue weighted by Gasteiger charge is -2.20. The number of rotatable bonds is 4. The Kier molecular flexibility index (Phi) is 5.07. The molecule has 0 aliphatic rings. The molecule has 1 rings (SSSR count). The van der Waals surface area contributed by atoms with E-state index in [2.05, 4.69) is 10.1 Å². The molecule has 1 aromatic rings. The number of carboxylic acid groups (broad SMARTS) is 1. The second-order valence-electron chi connectivity index (χ2n) is 5.02. The van der Waals surface area contributed by atoms with Crippen LogP contribution in [0.25, 0.3) is 0 Å². The average Bonchev–Trinajstić information content (AvgIpc) is 2.27. The normalized spacial score (nSPS) is 11.1. The van der Waals surface area contributed by atoms with E-state index in [1.54, 1.807) is 20.8 Å². The van der Waals surface area contributed by atoms with Gasteiger partial charge in [-0.1, -0.05) is 0 Å². The Morgan fingerprint density at radius 1 is 1.29 bits per heavy atom. The van der Waals surface area contributed by atoms with Gasteiger partial charge in [0, 0.05) is 0 Å². The first-order valence-corrected chi connectivity index (χ1v) is 5.90. The summed E-state index contributed by atoms with van der Waals surface area (Å²) >= 11 is 0. The maximum absolute atomic E-state index is 12.3. The highest BCUT2D eigenvalue weighted by Gasteiger charge is 2.19. The molecule has 0 aromatic heterocycles. The number of carbonyl (C=O) groups is 2. The summed E-state index contributed by atoms with van der Waals surface area (Å²) in [6.45, 7) is 1.75. The van der Waals surface area contributed by atoms with Crippen molar-refractivity contribution in [1.29, 1.82) is 0 Å². The SMILES string of the molecule is CC(C)(C)OC(=O)Nc1cc(C(=O)O)ccc1OC(F)F. The number of benzene rings is 1. The first-order chi connectivity index (χ1) is 9.58. The Morgan fingerprint density at radius 3 is 2.38 bits per heavy atom. The van der Waals surface area contributed by atoms with Crippen LogP contribution >= 0.6 is 0 Å². The minimum Gasteiger partial charge on any atom is -0.478 e. The van der Waals surface area contributed by atoms with Crippen LogP contribution < -0.4 is 10.1 Å². The zero-order valence-electron chi connectivity index (χ0n) is 11.6. The summed E-state index contributed by atoms with van der Waals surface area (Å²) in [5, 5.41) is 11.1. The van der Waals surface area contributed by atoms with Crippen molar-refractivity contribution in [1.82, 2.24) is 0 Å². The number of anilines is 1. The lowest BCUT2D eigenvalue weighted by molar-refractivity contribution is -0.0494. The van der Waals surface area contributed by atoms with E-state index < -0.39 is 24.3 Å². The fourth-order valence-corrected chi connectivity index (χ4v) is 1.37. The van der Waals surface area contributed by atoms with E-state index in [0.717, 1.165) is 18.2 Å². The molecule has 0 saturated carbocycles. The summed E-state index contributed by atoms with van der Waals surface area (Å²) in [5.74, 6) is -1.63. The first kappa shape index (κ1) is 16.7.